The first-order chi connectivity index (χ1) is 25.3. The van der Waals surface area contributed by atoms with Gasteiger partial charge in [0.05, 0.1) is 25.2 Å². The first-order valence-electron chi connectivity index (χ1n) is 19.0. The van der Waals surface area contributed by atoms with Crippen molar-refractivity contribution in [3.05, 3.63) is 0 Å². The number of carbonyl (C=O) groups excluding carboxylic acids is 6. The maximum Gasteiger partial charge on any atom is 0.410 e. The molecule has 3 N–H and O–H groups in total. The maximum atomic E-state index is 12.5. The van der Waals surface area contributed by atoms with Gasteiger partial charge in [0.1, 0.15) is 35.5 Å². The number of likely N-dealkylation sites (N-methyl/N-ethyl adjacent to an activating group) is 1. The van der Waals surface area contributed by atoms with Crippen LogP contribution in [0.2, 0.25) is 0 Å². The molecule has 0 spiro atoms. The quantitative estimate of drug-likeness (QED) is 0.265. The predicted molar refractivity (Wildman–Crippen MR) is 189 cm³/mol. The molecule has 0 aromatic rings. The van der Waals surface area contributed by atoms with Gasteiger partial charge in [0.2, 0.25) is 0 Å². The molecule has 0 saturated carbocycles. The summed E-state index contributed by atoms with van der Waals surface area (Å²) < 4.78 is 10.8. The molecule has 6 rings (SSSR count). The van der Waals surface area contributed by atoms with Crippen molar-refractivity contribution < 1.29 is 53.1 Å². The van der Waals surface area contributed by atoms with Gasteiger partial charge in [-0.05, 0) is 92.9 Å². The molecule has 0 aliphatic carbocycles. The van der Waals surface area contributed by atoms with Crippen LogP contribution in [0.4, 0.5) is 19.2 Å². The fourth-order valence-electron chi connectivity index (χ4n) is 7.51. The van der Waals surface area contributed by atoms with E-state index in [1.54, 1.807) is 26.6 Å². The monoisotopic (exact) mass is 766 g/mol. The van der Waals surface area contributed by atoms with Gasteiger partial charge < -0.3 is 34.0 Å². The third-order valence-electron chi connectivity index (χ3n) is 10.3. The van der Waals surface area contributed by atoms with Gasteiger partial charge in [-0.15, -0.1) is 0 Å². The zero-order valence-corrected chi connectivity index (χ0v) is 32.6. The number of hydrogen-bond donors (Lipinski definition) is 3. The van der Waals surface area contributed by atoms with Crippen LogP contribution in [-0.4, -0.2) is 165 Å². The molecule has 19 nitrogen and oxygen atoms in total. The normalized spacial score (nSPS) is 28.4. The van der Waals surface area contributed by atoms with Crippen LogP contribution in [0.15, 0.2) is 0 Å². The topological polar surface area (TPSA) is 203 Å². The van der Waals surface area contributed by atoms with Crippen molar-refractivity contribution in [3.8, 4) is 0 Å². The van der Waals surface area contributed by atoms with E-state index in [2.05, 4.69) is 11.0 Å². The highest BCUT2D eigenvalue weighted by molar-refractivity contribution is 5.89. The molecule has 0 aromatic heterocycles. The van der Waals surface area contributed by atoms with Gasteiger partial charge in [0, 0.05) is 33.2 Å². The number of nitrogens with zero attached hydrogens (tertiary/aromatic N) is 6. The maximum absolute atomic E-state index is 12.5. The summed E-state index contributed by atoms with van der Waals surface area (Å²) in [7, 11) is 1.77. The number of likely N-dealkylation sites (tertiary alicyclic amines) is 2. The average molecular weight is 767 g/mol. The number of piperidine rings is 4. The van der Waals surface area contributed by atoms with E-state index in [1.807, 2.05) is 41.5 Å². The first kappa shape index (κ1) is 41.1. The molecular formula is C35H58N8O11. The second-order valence-corrected chi connectivity index (χ2v) is 16.9. The third-order valence-corrected chi connectivity index (χ3v) is 10.3. The van der Waals surface area contributed by atoms with E-state index in [4.69, 9.17) is 19.1 Å². The van der Waals surface area contributed by atoms with Crippen molar-refractivity contribution in [3.63, 3.8) is 0 Å². The first-order valence-corrected chi connectivity index (χ1v) is 19.0. The highest BCUT2D eigenvalue weighted by Crippen LogP contribution is 2.30. The Morgan fingerprint density at radius 1 is 0.630 bits per heavy atom. The summed E-state index contributed by atoms with van der Waals surface area (Å²) in [6.07, 6.45) is 4.06. The Bertz CT molecular complexity index is 1320. The number of amides is 8. The summed E-state index contributed by atoms with van der Waals surface area (Å²) in [5.74, 6) is -0.710. The highest BCUT2D eigenvalue weighted by atomic mass is 16.7. The summed E-state index contributed by atoms with van der Waals surface area (Å²) in [5.41, 5.74) is 3.84. The van der Waals surface area contributed by atoms with Gasteiger partial charge in [-0.1, -0.05) is 0 Å². The van der Waals surface area contributed by atoms with Crippen LogP contribution in [0.25, 0.3) is 0 Å². The fraction of sp³-hybridized carbons (Fsp3) is 0.829. The van der Waals surface area contributed by atoms with Gasteiger partial charge in [-0.3, -0.25) is 24.5 Å². The molecule has 6 aliphatic rings. The van der Waals surface area contributed by atoms with Crippen molar-refractivity contribution in [2.24, 2.45) is 0 Å². The lowest BCUT2D eigenvalue weighted by Gasteiger charge is -2.34. The molecule has 6 heterocycles. The lowest BCUT2D eigenvalue weighted by Crippen LogP contribution is -2.52. The Morgan fingerprint density at radius 3 is 1.52 bits per heavy atom. The van der Waals surface area contributed by atoms with Crippen LogP contribution in [0.5, 0.6) is 0 Å². The van der Waals surface area contributed by atoms with Crippen molar-refractivity contribution >= 4 is 36.1 Å². The van der Waals surface area contributed by atoms with Gasteiger partial charge in [-0.2, -0.15) is 0 Å². The Kier molecular flexibility index (Phi) is 12.7. The Balaban J connectivity index is 0.000000208. The molecule has 19 heteroatoms. The summed E-state index contributed by atoms with van der Waals surface area (Å²) in [6, 6.07) is -1.86. The van der Waals surface area contributed by atoms with Crippen molar-refractivity contribution in [2.45, 2.75) is 140 Å². The van der Waals surface area contributed by atoms with Gasteiger partial charge in [0.15, 0.2) is 0 Å². The molecule has 4 bridgehead atoms. The highest BCUT2D eigenvalue weighted by Gasteiger charge is 2.47. The smallest absolute Gasteiger partial charge is 0.410 e. The van der Waals surface area contributed by atoms with Crippen LogP contribution in [0.1, 0.15) is 92.9 Å². The van der Waals surface area contributed by atoms with E-state index in [0.717, 1.165) is 25.7 Å². The predicted octanol–water partition coefficient (Wildman–Crippen LogP) is 2.42. The molecule has 304 valence electrons. The largest absolute Gasteiger partial charge is 0.444 e. The Labute approximate surface area is 316 Å². The van der Waals surface area contributed by atoms with Crippen LogP contribution in [-0.2, 0) is 28.7 Å². The number of hydroxylamine groups is 4. The van der Waals surface area contributed by atoms with E-state index in [9.17, 15) is 34.0 Å². The summed E-state index contributed by atoms with van der Waals surface area (Å²) in [5, 5.41) is 10.4. The van der Waals surface area contributed by atoms with Crippen LogP contribution in [0, 0.1) is 0 Å². The Hall–Kier alpha value is -4.10. The number of fused-ring (bicyclic) bond motifs is 4. The van der Waals surface area contributed by atoms with Gasteiger partial charge in [-0.25, -0.2) is 35.2 Å². The van der Waals surface area contributed by atoms with Crippen LogP contribution < -0.4 is 11.0 Å². The SMILES string of the molecule is CC(C)(C)OC(=O)N1CCC[C@H](ONC(=O)[C@@H]2CC[C@@H]3CN2C(=O)N3O)C1.CN1C(=O)N2C[C@H]1CC[C@H]2C(=O)NO[C@H]1CCCN(C(=O)OC(C)(C)C)C1. The molecule has 8 amide bonds. The van der Waals surface area contributed by atoms with Crippen molar-refractivity contribution in [1.29, 1.82) is 0 Å². The number of hydrogen-bond acceptors (Lipinski definition) is 11. The molecule has 6 atom stereocenters. The second kappa shape index (κ2) is 16.7. The van der Waals surface area contributed by atoms with E-state index in [-0.39, 0.29) is 42.3 Å². The Morgan fingerprint density at radius 2 is 1.06 bits per heavy atom. The lowest BCUT2D eigenvalue weighted by atomic mass is 10.0. The van der Waals surface area contributed by atoms with Gasteiger partial charge >= 0.3 is 24.2 Å². The number of carbonyl (C=O) groups is 6. The third kappa shape index (κ3) is 10.1. The molecule has 0 aromatic carbocycles. The van der Waals surface area contributed by atoms with Crippen molar-refractivity contribution in [1.82, 2.24) is 40.5 Å². The minimum atomic E-state index is -0.656. The minimum absolute atomic E-state index is 0.105. The molecule has 6 aliphatic heterocycles. The fourth-order valence-corrected chi connectivity index (χ4v) is 7.51. The van der Waals surface area contributed by atoms with E-state index in [0.29, 0.717) is 70.0 Å². The standard InChI is InChI=1S/C18H30N4O5.C17H28N4O6/c1-18(2,3)26-17(25)21-9-5-6-13(11-21)27-19-15(23)14-8-7-12-10-22(14)16(24)20(12)4;1-17(2,3)26-16(24)19-8-4-5-12(10-19)27-18-14(22)13-7-6-11-9-20(13)15(23)21(11)25/h12-14H,5-11H2,1-4H3,(H,19,23);11-13,25H,4-10H2,1-3H3,(H,18,22)/t12-,13+,14+;11-,12+,13+/m11/s1. The summed E-state index contributed by atoms with van der Waals surface area (Å²) >= 11 is 0. The second-order valence-electron chi connectivity index (χ2n) is 16.9. The van der Waals surface area contributed by atoms with Gasteiger partial charge in [0.25, 0.3) is 11.8 Å². The zero-order chi connectivity index (χ0) is 39.5. The van der Waals surface area contributed by atoms with E-state index < -0.39 is 41.3 Å². The van der Waals surface area contributed by atoms with E-state index in [1.165, 1.54) is 4.90 Å². The number of nitrogens with one attached hydrogen (secondary N) is 2. The molecule has 0 radical (unpaired) electrons. The van der Waals surface area contributed by atoms with Crippen LogP contribution in [0.3, 0.4) is 0 Å². The molecule has 54 heavy (non-hydrogen) atoms. The van der Waals surface area contributed by atoms with Crippen molar-refractivity contribution in [2.75, 3.05) is 46.3 Å². The molecular weight excluding hydrogens is 708 g/mol. The zero-order valence-electron chi connectivity index (χ0n) is 32.6. The van der Waals surface area contributed by atoms with E-state index >= 15 is 0 Å². The number of ether oxygens (including phenoxy) is 2. The molecule has 6 saturated heterocycles. The molecule has 6 fully saturated rings. The van der Waals surface area contributed by atoms with Crippen LogP contribution >= 0.6 is 0 Å². The number of urea groups is 2. The average Bonchev–Trinajstić information content (AvgIpc) is 3.47. The number of rotatable bonds is 6. The molecule has 0 unspecified atom stereocenters. The summed E-state index contributed by atoms with van der Waals surface area (Å²) in [4.78, 5) is 92.5. The minimum Gasteiger partial charge on any atom is -0.444 e. The summed E-state index contributed by atoms with van der Waals surface area (Å²) in [6.45, 7) is 13.7. The lowest BCUT2D eigenvalue weighted by molar-refractivity contribution is -0.146.